The van der Waals surface area contributed by atoms with Crippen molar-refractivity contribution in [3.8, 4) is 5.75 Å². The van der Waals surface area contributed by atoms with E-state index >= 15 is 0 Å². The molecule has 0 radical (unpaired) electrons. The van der Waals surface area contributed by atoms with Crippen molar-refractivity contribution in [3.05, 3.63) is 29.8 Å². The highest BCUT2D eigenvalue weighted by atomic mass is 16.6. The maximum Gasteiger partial charge on any atom is 0.407 e. The predicted octanol–water partition coefficient (Wildman–Crippen LogP) is 3.73. The number of benzene rings is 1. The first-order valence-electron chi connectivity index (χ1n) is 7.93. The summed E-state index contributed by atoms with van der Waals surface area (Å²) in [5.41, 5.74) is 0.322. The van der Waals surface area contributed by atoms with Crippen LogP contribution in [0.4, 0.5) is 4.79 Å². The monoisotopic (exact) mass is 322 g/mol. The largest absolute Gasteiger partial charge is 0.508 e. The predicted molar refractivity (Wildman–Crippen MR) is 92.6 cm³/mol. The normalized spacial score (nSPS) is 14.9. The molecule has 0 heterocycles. The number of ether oxygens (including phenoxy) is 1. The van der Waals surface area contributed by atoms with E-state index < -0.39 is 11.7 Å². The van der Waals surface area contributed by atoms with Gasteiger partial charge in [0.1, 0.15) is 11.4 Å². The number of carbonyl (C=O) groups is 1. The van der Waals surface area contributed by atoms with E-state index in [1.54, 1.807) is 12.1 Å². The molecule has 0 saturated carbocycles. The molecule has 23 heavy (non-hydrogen) atoms. The summed E-state index contributed by atoms with van der Waals surface area (Å²) in [4.78, 5) is 12.0. The molecule has 1 aromatic carbocycles. The zero-order chi connectivity index (χ0) is 17.8. The number of phenolic OH excluding ortho intramolecular Hbond substituents is 1. The number of aromatic hydroxyl groups is 1. The van der Waals surface area contributed by atoms with Crippen molar-refractivity contribution >= 4 is 6.09 Å². The molecule has 1 rings (SSSR count). The zero-order valence-corrected chi connectivity index (χ0v) is 15.2. The molecule has 130 valence electrons. The Labute approximate surface area is 139 Å². The van der Waals surface area contributed by atoms with Crippen LogP contribution in [0.1, 0.15) is 60.1 Å². The lowest BCUT2D eigenvalue weighted by molar-refractivity contribution is 0.0494. The number of hydrogen-bond acceptors (Lipinski definition) is 4. The molecular formula is C18H30N2O3. The van der Waals surface area contributed by atoms with Crippen molar-refractivity contribution in [1.29, 1.82) is 0 Å². The molecule has 0 aliphatic heterocycles. The molecule has 2 unspecified atom stereocenters. The molecular weight excluding hydrogens is 292 g/mol. The van der Waals surface area contributed by atoms with Gasteiger partial charge >= 0.3 is 6.09 Å². The Morgan fingerprint density at radius 2 is 1.61 bits per heavy atom. The zero-order valence-electron chi connectivity index (χ0n) is 15.2. The van der Waals surface area contributed by atoms with Crippen LogP contribution in [0.25, 0.3) is 0 Å². The van der Waals surface area contributed by atoms with Gasteiger partial charge in [0, 0.05) is 11.6 Å². The van der Waals surface area contributed by atoms with E-state index in [-0.39, 0.29) is 23.4 Å². The highest BCUT2D eigenvalue weighted by molar-refractivity contribution is 5.68. The smallest absolute Gasteiger partial charge is 0.407 e. The summed E-state index contributed by atoms with van der Waals surface area (Å²) < 4.78 is 5.33. The molecule has 0 aliphatic rings. The summed E-state index contributed by atoms with van der Waals surface area (Å²) in [6, 6.07) is 6.70. The Balaban J connectivity index is 2.91. The molecule has 1 amide bonds. The number of nitrogens with one attached hydrogen (secondary N) is 2. The van der Waals surface area contributed by atoms with Gasteiger partial charge in [-0.15, -0.1) is 0 Å². The van der Waals surface area contributed by atoms with E-state index in [1.807, 2.05) is 39.8 Å². The third-order valence-electron chi connectivity index (χ3n) is 3.09. The van der Waals surface area contributed by atoms with Gasteiger partial charge in [0.25, 0.3) is 0 Å². The fourth-order valence-electron chi connectivity index (χ4n) is 2.22. The molecule has 0 aromatic heterocycles. The maximum atomic E-state index is 12.0. The van der Waals surface area contributed by atoms with Crippen LogP contribution in [0, 0.1) is 0 Å². The Kier molecular flexibility index (Phi) is 6.05. The topological polar surface area (TPSA) is 70.6 Å². The highest BCUT2D eigenvalue weighted by Crippen LogP contribution is 2.23. The molecule has 0 aliphatic carbocycles. The SMILES string of the molecule is CC(NC(=O)OC(C)(C)C)C(NC(C)(C)C)c1ccc(O)cc1. The summed E-state index contributed by atoms with van der Waals surface area (Å²) >= 11 is 0. The molecule has 0 fully saturated rings. The molecule has 0 saturated heterocycles. The number of carbonyl (C=O) groups excluding carboxylic acids is 1. The van der Waals surface area contributed by atoms with Gasteiger partial charge in [-0.05, 0) is 66.2 Å². The number of rotatable bonds is 4. The quantitative estimate of drug-likeness (QED) is 0.790. The van der Waals surface area contributed by atoms with Crippen LogP contribution in [0.5, 0.6) is 5.75 Å². The third-order valence-corrected chi connectivity index (χ3v) is 3.09. The molecule has 5 nitrogen and oxygen atoms in total. The van der Waals surface area contributed by atoms with Gasteiger partial charge in [0.2, 0.25) is 0 Å². The first kappa shape index (κ1) is 19.3. The molecule has 3 N–H and O–H groups in total. The first-order valence-corrected chi connectivity index (χ1v) is 7.93. The van der Waals surface area contributed by atoms with Crippen LogP contribution in [0.3, 0.4) is 0 Å². The average Bonchev–Trinajstić information content (AvgIpc) is 2.33. The highest BCUT2D eigenvalue weighted by Gasteiger charge is 2.27. The van der Waals surface area contributed by atoms with Crippen LogP contribution in [-0.4, -0.2) is 28.4 Å². The van der Waals surface area contributed by atoms with E-state index in [0.717, 1.165) is 5.56 Å². The number of alkyl carbamates (subject to hydrolysis) is 1. The summed E-state index contributed by atoms with van der Waals surface area (Å²) in [5.74, 6) is 0.219. The van der Waals surface area contributed by atoms with Crippen molar-refractivity contribution < 1.29 is 14.6 Å². The summed E-state index contributed by atoms with van der Waals surface area (Å²) in [7, 11) is 0. The third kappa shape index (κ3) is 7.37. The van der Waals surface area contributed by atoms with Crippen molar-refractivity contribution in [2.75, 3.05) is 0 Å². The molecule has 1 aromatic rings. The second kappa shape index (κ2) is 7.21. The van der Waals surface area contributed by atoms with Crippen LogP contribution >= 0.6 is 0 Å². The van der Waals surface area contributed by atoms with Gasteiger partial charge in [0.05, 0.1) is 6.04 Å². The Bertz CT molecular complexity index is 513. The Morgan fingerprint density at radius 1 is 1.09 bits per heavy atom. The first-order chi connectivity index (χ1) is 10.4. The Morgan fingerprint density at radius 3 is 2.04 bits per heavy atom. The lowest BCUT2D eigenvalue weighted by atomic mass is 9.96. The minimum atomic E-state index is -0.532. The number of amides is 1. The minimum Gasteiger partial charge on any atom is -0.508 e. The van der Waals surface area contributed by atoms with E-state index in [2.05, 4.69) is 31.4 Å². The van der Waals surface area contributed by atoms with E-state index in [0.29, 0.717) is 0 Å². The number of phenols is 1. The van der Waals surface area contributed by atoms with Crippen molar-refractivity contribution in [2.24, 2.45) is 0 Å². The van der Waals surface area contributed by atoms with Crippen LogP contribution < -0.4 is 10.6 Å². The van der Waals surface area contributed by atoms with Crippen molar-refractivity contribution in [3.63, 3.8) is 0 Å². The average molecular weight is 322 g/mol. The van der Waals surface area contributed by atoms with Gasteiger partial charge in [0.15, 0.2) is 0 Å². The van der Waals surface area contributed by atoms with Gasteiger partial charge < -0.3 is 20.5 Å². The fourth-order valence-corrected chi connectivity index (χ4v) is 2.22. The molecule has 2 atom stereocenters. The van der Waals surface area contributed by atoms with Crippen LogP contribution in [0.2, 0.25) is 0 Å². The number of hydrogen-bond donors (Lipinski definition) is 3. The molecule has 5 heteroatoms. The lowest BCUT2D eigenvalue weighted by Crippen LogP contribution is -2.49. The van der Waals surface area contributed by atoms with Gasteiger partial charge in [-0.25, -0.2) is 4.79 Å². The standard InChI is InChI=1S/C18H30N2O3/c1-12(19-16(22)23-18(5,6)7)15(20-17(2,3)4)13-8-10-14(21)11-9-13/h8-12,15,20-21H,1-7H3,(H,19,22). The van der Waals surface area contributed by atoms with E-state index in [4.69, 9.17) is 4.74 Å². The van der Waals surface area contributed by atoms with Crippen LogP contribution in [0.15, 0.2) is 24.3 Å². The minimum absolute atomic E-state index is 0.108. The van der Waals surface area contributed by atoms with Gasteiger partial charge in [-0.2, -0.15) is 0 Å². The van der Waals surface area contributed by atoms with Crippen molar-refractivity contribution in [1.82, 2.24) is 10.6 Å². The lowest BCUT2D eigenvalue weighted by Gasteiger charge is -2.33. The summed E-state index contributed by atoms with van der Waals surface area (Å²) in [6.45, 7) is 13.6. The van der Waals surface area contributed by atoms with E-state index in [1.165, 1.54) is 0 Å². The van der Waals surface area contributed by atoms with Crippen molar-refractivity contribution in [2.45, 2.75) is 71.7 Å². The summed E-state index contributed by atoms with van der Waals surface area (Å²) in [6.07, 6.45) is -0.440. The van der Waals surface area contributed by atoms with E-state index in [9.17, 15) is 9.90 Å². The summed E-state index contributed by atoms with van der Waals surface area (Å²) in [5, 5.41) is 15.9. The van der Waals surface area contributed by atoms with Crippen LogP contribution in [-0.2, 0) is 4.74 Å². The molecule has 0 spiro atoms. The fraction of sp³-hybridized carbons (Fsp3) is 0.611. The molecule has 0 bridgehead atoms. The Hall–Kier alpha value is -1.75. The van der Waals surface area contributed by atoms with Gasteiger partial charge in [-0.3, -0.25) is 0 Å². The second-order valence-corrected chi connectivity index (χ2v) is 7.90. The maximum absolute atomic E-state index is 12.0. The van der Waals surface area contributed by atoms with Gasteiger partial charge in [-0.1, -0.05) is 12.1 Å². The second-order valence-electron chi connectivity index (χ2n) is 7.90.